The molecule has 1 fully saturated rings. The van der Waals surface area contributed by atoms with Crippen molar-refractivity contribution in [3.8, 4) is 6.07 Å². The summed E-state index contributed by atoms with van der Waals surface area (Å²) in [6.07, 6.45) is 2.91. The maximum atomic E-state index is 12.3. The Morgan fingerprint density at radius 2 is 2.15 bits per heavy atom. The Labute approximate surface area is 151 Å². The van der Waals surface area contributed by atoms with Crippen LogP contribution in [0.15, 0.2) is 24.5 Å². The predicted molar refractivity (Wildman–Crippen MR) is 95.5 cm³/mol. The van der Waals surface area contributed by atoms with Gasteiger partial charge in [0.05, 0.1) is 23.9 Å². The summed E-state index contributed by atoms with van der Waals surface area (Å²) in [5.74, 6) is -0.195. The maximum absolute atomic E-state index is 12.3. The summed E-state index contributed by atoms with van der Waals surface area (Å²) < 4.78 is 5.78. The Hall–Kier alpha value is -2.76. The molecule has 3 rings (SSSR count). The van der Waals surface area contributed by atoms with Crippen molar-refractivity contribution >= 4 is 22.6 Å². The van der Waals surface area contributed by atoms with Gasteiger partial charge >= 0.3 is 0 Å². The van der Waals surface area contributed by atoms with Crippen molar-refractivity contribution in [2.75, 3.05) is 31.1 Å². The lowest BCUT2D eigenvalue weighted by atomic mass is 10.1. The average Bonchev–Trinajstić information content (AvgIpc) is 2.66. The van der Waals surface area contributed by atoms with Crippen LogP contribution in [0.25, 0.3) is 11.0 Å². The first-order valence-electron chi connectivity index (χ1n) is 8.57. The molecule has 0 saturated carbocycles. The number of aliphatic hydroxyl groups excluding tert-OH is 1. The Morgan fingerprint density at radius 1 is 1.38 bits per heavy atom. The maximum Gasteiger partial charge on any atom is 0.251 e. The first-order chi connectivity index (χ1) is 12.6. The van der Waals surface area contributed by atoms with Crippen LogP contribution in [0.3, 0.4) is 0 Å². The minimum Gasteiger partial charge on any atom is -0.396 e. The Morgan fingerprint density at radius 3 is 2.88 bits per heavy atom. The number of benzene rings is 1. The first-order valence-corrected chi connectivity index (χ1v) is 8.57. The number of fused-ring (bicyclic) bond motifs is 1. The van der Waals surface area contributed by atoms with Gasteiger partial charge in [-0.15, -0.1) is 0 Å². The SMILES string of the molecule is CC1CN(c2ccc(C#N)c3nccnc23)CC(C(=O)NCCCO)O1. The Kier molecular flexibility index (Phi) is 5.61. The largest absolute Gasteiger partial charge is 0.396 e. The minimum absolute atomic E-state index is 0.0320. The zero-order chi connectivity index (χ0) is 18.5. The molecule has 2 N–H and O–H groups in total. The lowest BCUT2D eigenvalue weighted by Gasteiger charge is -2.37. The molecule has 1 aromatic carbocycles. The fourth-order valence-electron chi connectivity index (χ4n) is 3.09. The molecule has 1 aliphatic heterocycles. The summed E-state index contributed by atoms with van der Waals surface area (Å²) in [6.45, 7) is 3.35. The molecule has 2 unspecified atom stereocenters. The highest BCUT2D eigenvalue weighted by Gasteiger charge is 2.31. The number of hydrogen-bond donors (Lipinski definition) is 2. The van der Waals surface area contributed by atoms with E-state index in [1.54, 1.807) is 18.5 Å². The number of carbonyl (C=O) groups is 1. The van der Waals surface area contributed by atoms with Gasteiger partial charge in [0, 0.05) is 32.1 Å². The topological polar surface area (TPSA) is 111 Å². The van der Waals surface area contributed by atoms with Crippen molar-refractivity contribution in [1.82, 2.24) is 15.3 Å². The summed E-state index contributed by atoms with van der Waals surface area (Å²) in [7, 11) is 0. The van der Waals surface area contributed by atoms with Gasteiger partial charge in [-0.1, -0.05) is 0 Å². The van der Waals surface area contributed by atoms with Gasteiger partial charge in [0.1, 0.15) is 17.1 Å². The highest BCUT2D eigenvalue weighted by molar-refractivity contribution is 5.92. The molecular formula is C18H21N5O3. The van der Waals surface area contributed by atoms with Crippen molar-refractivity contribution < 1.29 is 14.6 Å². The van der Waals surface area contributed by atoms with Gasteiger partial charge in [-0.2, -0.15) is 5.26 Å². The number of anilines is 1. The molecule has 2 atom stereocenters. The molecule has 0 bridgehead atoms. The van der Waals surface area contributed by atoms with Gasteiger partial charge in [-0.05, 0) is 25.5 Å². The van der Waals surface area contributed by atoms with Gasteiger partial charge in [0.2, 0.25) is 0 Å². The molecule has 136 valence electrons. The number of hydrogen-bond acceptors (Lipinski definition) is 7. The van der Waals surface area contributed by atoms with Crippen LogP contribution in [-0.4, -0.2) is 59.4 Å². The van der Waals surface area contributed by atoms with E-state index in [0.717, 1.165) is 5.69 Å². The number of aliphatic hydroxyl groups is 1. The number of morpholine rings is 1. The van der Waals surface area contributed by atoms with E-state index in [1.165, 1.54) is 0 Å². The van der Waals surface area contributed by atoms with Crippen LogP contribution in [0, 0.1) is 11.3 Å². The van der Waals surface area contributed by atoms with E-state index in [2.05, 4.69) is 21.4 Å². The molecule has 8 heteroatoms. The van der Waals surface area contributed by atoms with Gasteiger partial charge in [-0.3, -0.25) is 14.8 Å². The second kappa shape index (κ2) is 8.08. The molecule has 1 amide bonds. The molecule has 8 nitrogen and oxygen atoms in total. The van der Waals surface area contributed by atoms with E-state index in [0.29, 0.717) is 42.7 Å². The number of rotatable bonds is 5. The van der Waals surface area contributed by atoms with E-state index in [9.17, 15) is 10.1 Å². The van der Waals surface area contributed by atoms with Crippen LogP contribution in [0.4, 0.5) is 5.69 Å². The van der Waals surface area contributed by atoms with Gasteiger partial charge in [0.15, 0.2) is 6.10 Å². The third kappa shape index (κ3) is 3.74. The van der Waals surface area contributed by atoms with Crippen molar-refractivity contribution in [1.29, 1.82) is 5.26 Å². The molecule has 2 aromatic rings. The van der Waals surface area contributed by atoms with Gasteiger partial charge in [0.25, 0.3) is 5.91 Å². The van der Waals surface area contributed by atoms with Crippen LogP contribution in [0.5, 0.6) is 0 Å². The summed E-state index contributed by atoms with van der Waals surface area (Å²) in [5, 5.41) is 20.9. The molecule has 1 saturated heterocycles. The zero-order valence-corrected chi connectivity index (χ0v) is 14.6. The molecule has 0 radical (unpaired) electrons. The second-order valence-corrected chi connectivity index (χ2v) is 6.21. The molecule has 0 spiro atoms. The fourth-order valence-corrected chi connectivity index (χ4v) is 3.09. The molecule has 1 aromatic heterocycles. The molecule has 0 aliphatic carbocycles. The Balaban J connectivity index is 1.86. The van der Waals surface area contributed by atoms with E-state index < -0.39 is 6.10 Å². The predicted octanol–water partition coefficient (Wildman–Crippen LogP) is 0.594. The first kappa shape index (κ1) is 18.0. The number of nitriles is 1. The Bertz CT molecular complexity index is 835. The fraction of sp³-hybridized carbons (Fsp3) is 0.444. The lowest BCUT2D eigenvalue weighted by Crippen LogP contribution is -2.53. The quantitative estimate of drug-likeness (QED) is 0.755. The van der Waals surface area contributed by atoms with Crippen molar-refractivity contribution in [2.24, 2.45) is 0 Å². The number of nitrogens with zero attached hydrogens (tertiary/aromatic N) is 4. The van der Waals surface area contributed by atoms with Crippen LogP contribution in [0.1, 0.15) is 18.9 Å². The minimum atomic E-state index is -0.611. The third-order valence-corrected chi connectivity index (χ3v) is 4.25. The van der Waals surface area contributed by atoms with Crippen LogP contribution in [-0.2, 0) is 9.53 Å². The number of ether oxygens (including phenoxy) is 1. The average molecular weight is 355 g/mol. The normalized spacial score (nSPS) is 20.0. The van der Waals surface area contributed by atoms with Gasteiger partial charge < -0.3 is 20.1 Å². The summed E-state index contributed by atoms with van der Waals surface area (Å²) in [6, 6.07) is 5.70. The number of amides is 1. The van der Waals surface area contributed by atoms with Crippen molar-refractivity contribution in [3.63, 3.8) is 0 Å². The standard InChI is InChI=1S/C18H21N5O3/c1-12-10-23(11-15(26-12)18(25)22-5-2-8-24)14-4-3-13(9-19)16-17(14)21-7-6-20-16/h3-4,6-7,12,15,24H,2,5,8,10-11H2,1H3,(H,22,25). The zero-order valence-electron chi connectivity index (χ0n) is 14.6. The van der Waals surface area contributed by atoms with E-state index in [-0.39, 0.29) is 18.6 Å². The molecule has 1 aliphatic rings. The third-order valence-electron chi connectivity index (χ3n) is 4.25. The summed E-state index contributed by atoms with van der Waals surface area (Å²) >= 11 is 0. The number of carbonyl (C=O) groups excluding carboxylic acids is 1. The molecule has 2 heterocycles. The van der Waals surface area contributed by atoms with E-state index in [1.807, 2.05) is 17.9 Å². The van der Waals surface area contributed by atoms with Crippen LogP contribution >= 0.6 is 0 Å². The lowest BCUT2D eigenvalue weighted by molar-refractivity contribution is -0.137. The molecule has 26 heavy (non-hydrogen) atoms. The van der Waals surface area contributed by atoms with E-state index >= 15 is 0 Å². The monoisotopic (exact) mass is 355 g/mol. The van der Waals surface area contributed by atoms with Crippen LogP contribution in [0.2, 0.25) is 0 Å². The van der Waals surface area contributed by atoms with Gasteiger partial charge in [-0.25, -0.2) is 0 Å². The summed E-state index contributed by atoms with van der Waals surface area (Å²) in [4.78, 5) is 23.1. The van der Waals surface area contributed by atoms with Crippen molar-refractivity contribution in [3.05, 3.63) is 30.1 Å². The highest BCUT2D eigenvalue weighted by atomic mass is 16.5. The smallest absolute Gasteiger partial charge is 0.251 e. The number of nitrogens with one attached hydrogen (secondary N) is 1. The van der Waals surface area contributed by atoms with Crippen molar-refractivity contribution in [2.45, 2.75) is 25.6 Å². The summed E-state index contributed by atoms with van der Waals surface area (Å²) in [5.41, 5.74) is 2.49. The molecular weight excluding hydrogens is 334 g/mol. The highest BCUT2D eigenvalue weighted by Crippen LogP contribution is 2.28. The second-order valence-electron chi connectivity index (χ2n) is 6.21. The number of aromatic nitrogens is 2. The van der Waals surface area contributed by atoms with Crippen LogP contribution < -0.4 is 10.2 Å². The van der Waals surface area contributed by atoms with E-state index in [4.69, 9.17) is 9.84 Å².